The highest BCUT2D eigenvalue weighted by atomic mass is 16.5. The summed E-state index contributed by atoms with van der Waals surface area (Å²) in [5.74, 6) is 0.111. The normalized spacial score (nSPS) is 14.3. The monoisotopic (exact) mass is 352 g/mol. The fourth-order valence-electron chi connectivity index (χ4n) is 3.12. The van der Waals surface area contributed by atoms with Crippen molar-refractivity contribution in [3.05, 3.63) is 60.2 Å². The highest BCUT2D eigenvalue weighted by molar-refractivity contribution is 5.95. The molecule has 1 aliphatic rings. The molecular weight excluding hydrogens is 328 g/mol. The van der Waals surface area contributed by atoms with Crippen molar-refractivity contribution >= 4 is 11.8 Å². The van der Waals surface area contributed by atoms with Crippen LogP contribution in [-0.4, -0.2) is 61.5 Å². The van der Waals surface area contributed by atoms with E-state index in [4.69, 9.17) is 4.74 Å². The van der Waals surface area contributed by atoms with Crippen molar-refractivity contribution in [2.45, 2.75) is 6.42 Å². The number of amides is 2. The van der Waals surface area contributed by atoms with Gasteiger partial charge in [-0.1, -0.05) is 42.5 Å². The largest absolute Gasteiger partial charge is 0.384 e. The van der Waals surface area contributed by atoms with Crippen LogP contribution in [0.3, 0.4) is 0 Å². The molecule has 1 aliphatic heterocycles. The Morgan fingerprint density at radius 3 is 2.04 bits per heavy atom. The van der Waals surface area contributed by atoms with Gasteiger partial charge in [0.15, 0.2) is 0 Å². The first-order chi connectivity index (χ1) is 12.7. The Kier molecular flexibility index (Phi) is 6.02. The van der Waals surface area contributed by atoms with Gasteiger partial charge in [-0.2, -0.15) is 0 Å². The number of piperazine rings is 1. The Balaban J connectivity index is 1.58. The summed E-state index contributed by atoms with van der Waals surface area (Å²) < 4.78 is 4.95. The molecule has 1 saturated heterocycles. The number of benzene rings is 2. The Labute approximate surface area is 154 Å². The number of nitrogens with zero attached hydrogens (tertiary/aromatic N) is 2. The molecule has 0 spiro atoms. The van der Waals surface area contributed by atoms with Crippen molar-refractivity contribution in [2.24, 2.45) is 0 Å². The van der Waals surface area contributed by atoms with Crippen molar-refractivity contribution in [2.75, 3.05) is 39.9 Å². The second kappa shape index (κ2) is 8.63. The number of hydrogen-bond acceptors (Lipinski definition) is 3. The number of carbonyl (C=O) groups is 2. The minimum absolute atomic E-state index is 0.0219. The molecule has 0 aromatic heterocycles. The van der Waals surface area contributed by atoms with Gasteiger partial charge in [0.05, 0.1) is 13.0 Å². The fraction of sp³-hybridized carbons (Fsp3) is 0.333. The highest BCUT2D eigenvalue weighted by Crippen LogP contribution is 2.20. The first-order valence-electron chi connectivity index (χ1n) is 8.90. The van der Waals surface area contributed by atoms with Gasteiger partial charge >= 0.3 is 0 Å². The number of hydrogen-bond donors (Lipinski definition) is 0. The minimum Gasteiger partial charge on any atom is -0.384 e. The Bertz CT molecular complexity index is 736. The maximum atomic E-state index is 12.7. The van der Waals surface area contributed by atoms with Crippen LogP contribution in [0.4, 0.5) is 0 Å². The minimum atomic E-state index is 0.0219. The molecule has 1 fully saturated rings. The third kappa shape index (κ3) is 4.29. The van der Waals surface area contributed by atoms with Crippen LogP contribution in [0.25, 0.3) is 11.1 Å². The van der Waals surface area contributed by atoms with Gasteiger partial charge in [0, 0.05) is 38.9 Å². The van der Waals surface area contributed by atoms with Crippen molar-refractivity contribution in [1.29, 1.82) is 0 Å². The summed E-state index contributed by atoms with van der Waals surface area (Å²) >= 11 is 0. The van der Waals surface area contributed by atoms with Gasteiger partial charge in [-0.15, -0.1) is 0 Å². The second-order valence-electron chi connectivity index (χ2n) is 6.36. The second-order valence-corrected chi connectivity index (χ2v) is 6.36. The maximum Gasteiger partial charge on any atom is 0.253 e. The van der Waals surface area contributed by atoms with Crippen molar-refractivity contribution in [3.8, 4) is 11.1 Å². The van der Waals surface area contributed by atoms with E-state index >= 15 is 0 Å². The number of carbonyl (C=O) groups excluding carboxylic acids is 2. The average molecular weight is 352 g/mol. The van der Waals surface area contributed by atoms with Crippen LogP contribution >= 0.6 is 0 Å². The SMILES string of the molecule is COCCC(=O)N1CCN(C(=O)c2ccc(-c3ccccc3)cc2)CC1. The summed E-state index contributed by atoms with van der Waals surface area (Å²) in [6.45, 7) is 2.73. The van der Waals surface area contributed by atoms with Crippen molar-refractivity contribution in [1.82, 2.24) is 9.80 Å². The molecule has 26 heavy (non-hydrogen) atoms. The summed E-state index contributed by atoms with van der Waals surface area (Å²) in [5.41, 5.74) is 2.91. The maximum absolute atomic E-state index is 12.7. The highest BCUT2D eigenvalue weighted by Gasteiger charge is 2.24. The van der Waals surface area contributed by atoms with Crippen LogP contribution in [0.5, 0.6) is 0 Å². The summed E-state index contributed by atoms with van der Waals surface area (Å²) in [7, 11) is 1.59. The molecule has 5 nitrogen and oxygen atoms in total. The number of methoxy groups -OCH3 is 1. The molecule has 136 valence electrons. The van der Waals surface area contributed by atoms with Gasteiger partial charge < -0.3 is 14.5 Å². The molecule has 0 atom stereocenters. The lowest BCUT2D eigenvalue weighted by atomic mass is 10.0. The molecule has 0 bridgehead atoms. The van der Waals surface area contributed by atoms with Gasteiger partial charge in [-0.25, -0.2) is 0 Å². The topological polar surface area (TPSA) is 49.9 Å². The van der Waals surface area contributed by atoms with Crippen molar-refractivity contribution in [3.63, 3.8) is 0 Å². The standard InChI is InChI=1S/C21H24N2O3/c1-26-16-11-20(24)22-12-14-23(15-13-22)21(25)19-9-7-18(8-10-19)17-5-3-2-4-6-17/h2-10H,11-16H2,1H3. The Morgan fingerprint density at radius 2 is 1.42 bits per heavy atom. The summed E-state index contributed by atoms with van der Waals surface area (Å²) in [4.78, 5) is 28.3. The molecule has 3 rings (SSSR count). The number of ether oxygens (including phenoxy) is 1. The summed E-state index contributed by atoms with van der Waals surface area (Å²) in [5, 5.41) is 0. The fourth-order valence-corrected chi connectivity index (χ4v) is 3.12. The predicted molar refractivity (Wildman–Crippen MR) is 101 cm³/mol. The molecular formula is C21H24N2O3. The van der Waals surface area contributed by atoms with Crippen LogP contribution < -0.4 is 0 Å². The van der Waals surface area contributed by atoms with Gasteiger partial charge in [0.1, 0.15) is 0 Å². The third-order valence-corrected chi connectivity index (χ3v) is 4.68. The molecule has 0 saturated carbocycles. The molecule has 1 heterocycles. The molecule has 5 heteroatoms. The quantitative estimate of drug-likeness (QED) is 0.831. The van der Waals surface area contributed by atoms with Crippen LogP contribution in [0.15, 0.2) is 54.6 Å². The lowest BCUT2D eigenvalue weighted by molar-refractivity contribution is -0.133. The molecule has 2 aromatic rings. The molecule has 0 unspecified atom stereocenters. The lowest BCUT2D eigenvalue weighted by Gasteiger charge is -2.34. The van der Waals surface area contributed by atoms with E-state index in [2.05, 4.69) is 12.1 Å². The Hall–Kier alpha value is -2.66. The first kappa shape index (κ1) is 18.1. The molecule has 2 amide bonds. The van der Waals surface area contributed by atoms with Crippen LogP contribution in [0, 0.1) is 0 Å². The van der Waals surface area contributed by atoms with E-state index in [9.17, 15) is 9.59 Å². The molecule has 0 radical (unpaired) electrons. The molecule has 2 aromatic carbocycles. The van der Waals surface area contributed by atoms with E-state index in [1.54, 1.807) is 12.0 Å². The van der Waals surface area contributed by atoms with Gasteiger partial charge in [-0.3, -0.25) is 9.59 Å². The molecule has 0 aliphatic carbocycles. The van der Waals surface area contributed by atoms with Crippen molar-refractivity contribution < 1.29 is 14.3 Å². The van der Waals surface area contributed by atoms with E-state index in [-0.39, 0.29) is 11.8 Å². The van der Waals surface area contributed by atoms with E-state index < -0.39 is 0 Å². The smallest absolute Gasteiger partial charge is 0.253 e. The summed E-state index contributed by atoms with van der Waals surface area (Å²) in [6.07, 6.45) is 0.394. The van der Waals surface area contributed by atoms with E-state index in [1.165, 1.54) is 0 Å². The third-order valence-electron chi connectivity index (χ3n) is 4.68. The zero-order valence-corrected chi connectivity index (χ0v) is 15.1. The van der Waals surface area contributed by atoms with Crippen LogP contribution in [0.1, 0.15) is 16.8 Å². The zero-order chi connectivity index (χ0) is 18.4. The van der Waals surface area contributed by atoms with Gasteiger partial charge in [-0.05, 0) is 23.3 Å². The average Bonchev–Trinajstić information content (AvgIpc) is 2.72. The van der Waals surface area contributed by atoms with Crippen LogP contribution in [-0.2, 0) is 9.53 Å². The number of rotatable bonds is 5. The lowest BCUT2D eigenvalue weighted by Crippen LogP contribution is -2.50. The van der Waals surface area contributed by atoms with E-state index in [0.717, 1.165) is 11.1 Å². The molecule has 0 N–H and O–H groups in total. The first-order valence-corrected chi connectivity index (χ1v) is 8.90. The Morgan fingerprint density at radius 1 is 0.846 bits per heavy atom. The van der Waals surface area contributed by atoms with E-state index in [0.29, 0.717) is 44.8 Å². The zero-order valence-electron chi connectivity index (χ0n) is 15.1. The summed E-state index contributed by atoms with van der Waals surface area (Å²) in [6, 6.07) is 17.8. The van der Waals surface area contributed by atoms with Gasteiger partial charge in [0.2, 0.25) is 5.91 Å². The van der Waals surface area contributed by atoms with E-state index in [1.807, 2.05) is 47.4 Å². The van der Waals surface area contributed by atoms with Gasteiger partial charge in [0.25, 0.3) is 5.91 Å². The van der Waals surface area contributed by atoms with Crippen LogP contribution in [0.2, 0.25) is 0 Å². The predicted octanol–water partition coefficient (Wildman–Crippen LogP) is 2.67.